The average Bonchev–Trinajstić information content (AvgIpc) is 2.91. The lowest BCUT2D eigenvalue weighted by Gasteiger charge is -2.22. The number of hydrogen-bond acceptors (Lipinski definition) is 7. The van der Waals surface area contributed by atoms with Gasteiger partial charge in [0.25, 0.3) is 0 Å². The first-order valence-electron chi connectivity index (χ1n) is 11.6. The van der Waals surface area contributed by atoms with E-state index in [0.29, 0.717) is 16.9 Å². The van der Waals surface area contributed by atoms with E-state index in [-0.39, 0.29) is 34.5 Å². The maximum Gasteiger partial charge on any atom is 0.306 e. The van der Waals surface area contributed by atoms with E-state index in [1.54, 1.807) is 25.3 Å². The first-order valence-corrected chi connectivity index (χ1v) is 11.6. The number of hydrogen-bond donors (Lipinski definition) is 2. The fourth-order valence-electron chi connectivity index (χ4n) is 4.80. The van der Waals surface area contributed by atoms with Crippen molar-refractivity contribution < 1.29 is 28.9 Å². The standard InChI is InChI=1S/C30H24O7/c1-35-25-13-12-19(18-10-6-7-11-20(18)25)21(14-27(34)36-2)28-22(31)15-23(32)29-24(33)16-26(37-30(28)29)17-8-4-3-5-9-17/h3-13,15-16,21,31-32H,14H2,1-2H3/t21-/m1/s1. The van der Waals surface area contributed by atoms with E-state index in [4.69, 9.17) is 13.9 Å². The molecule has 0 aliphatic rings. The zero-order valence-electron chi connectivity index (χ0n) is 20.2. The highest BCUT2D eigenvalue weighted by atomic mass is 16.5. The second-order valence-corrected chi connectivity index (χ2v) is 8.61. The summed E-state index contributed by atoms with van der Waals surface area (Å²) >= 11 is 0. The molecule has 2 N–H and O–H groups in total. The van der Waals surface area contributed by atoms with Crippen molar-refractivity contribution in [2.45, 2.75) is 12.3 Å². The molecule has 1 aromatic heterocycles. The van der Waals surface area contributed by atoms with E-state index >= 15 is 0 Å². The Balaban J connectivity index is 1.86. The second kappa shape index (κ2) is 9.70. The van der Waals surface area contributed by atoms with Gasteiger partial charge in [-0.05, 0) is 17.0 Å². The lowest BCUT2D eigenvalue weighted by molar-refractivity contribution is -0.140. The average molecular weight is 497 g/mol. The number of fused-ring (bicyclic) bond motifs is 2. The largest absolute Gasteiger partial charge is 0.507 e. The predicted octanol–water partition coefficient (Wildman–Crippen LogP) is 5.73. The van der Waals surface area contributed by atoms with E-state index < -0.39 is 23.1 Å². The number of carbonyl (C=O) groups is 1. The minimum atomic E-state index is -0.777. The SMILES string of the molecule is COC(=O)C[C@H](c1ccc(OC)c2ccccc12)c1c(O)cc(O)c2c(=O)cc(-c3ccccc3)oc12. The number of benzene rings is 4. The molecule has 0 saturated carbocycles. The number of phenols is 2. The van der Waals surface area contributed by atoms with Gasteiger partial charge in [0.2, 0.25) is 0 Å². The number of aromatic hydroxyl groups is 2. The maximum atomic E-state index is 13.2. The van der Waals surface area contributed by atoms with Gasteiger partial charge in [0.15, 0.2) is 5.43 Å². The molecule has 7 heteroatoms. The van der Waals surface area contributed by atoms with Gasteiger partial charge in [0.1, 0.15) is 34.0 Å². The van der Waals surface area contributed by atoms with Gasteiger partial charge in [-0.2, -0.15) is 0 Å². The molecule has 0 radical (unpaired) electrons. The van der Waals surface area contributed by atoms with E-state index in [2.05, 4.69) is 0 Å². The maximum absolute atomic E-state index is 13.2. The Morgan fingerprint density at radius 2 is 1.59 bits per heavy atom. The molecule has 5 rings (SSSR count). The van der Waals surface area contributed by atoms with Gasteiger partial charge in [-0.15, -0.1) is 0 Å². The van der Waals surface area contributed by atoms with Crippen LogP contribution in [0.2, 0.25) is 0 Å². The fourth-order valence-corrected chi connectivity index (χ4v) is 4.80. The molecule has 0 bridgehead atoms. The lowest BCUT2D eigenvalue weighted by atomic mass is 9.83. The van der Waals surface area contributed by atoms with E-state index in [1.807, 2.05) is 48.5 Å². The molecule has 0 saturated heterocycles. The number of esters is 1. The molecule has 186 valence electrons. The summed E-state index contributed by atoms with van der Waals surface area (Å²) in [5, 5.41) is 23.3. The summed E-state index contributed by atoms with van der Waals surface area (Å²) < 4.78 is 16.7. The lowest BCUT2D eigenvalue weighted by Crippen LogP contribution is -2.13. The minimum absolute atomic E-state index is 0.00217. The van der Waals surface area contributed by atoms with Gasteiger partial charge in [-0.3, -0.25) is 9.59 Å². The molecule has 0 aliphatic carbocycles. The van der Waals surface area contributed by atoms with Crippen molar-refractivity contribution in [3.8, 4) is 28.6 Å². The Kier molecular flexibility index (Phi) is 6.27. The van der Waals surface area contributed by atoms with Crippen molar-refractivity contribution in [3.05, 3.63) is 100 Å². The Bertz CT molecular complexity index is 1690. The highest BCUT2D eigenvalue weighted by Crippen LogP contribution is 2.45. The monoisotopic (exact) mass is 496 g/mol. The zero-order chi connectivity index (χ0) is 26.1. The molecular formula is C30H24O7. The number of phenolic OH excluding ortho intramolecular Hbond substituents is 2. The van der Waals surface area contributed by atoms with Gasteiger partial charge in [0, 0.05) is 34.6 Å². The Labute approximate surface area is 212 Å². The third-order valence-electron chi connectivity index (χ3n) is 6.52. The first-order chi connectivity index (χ1) is 17.9. The minimum Gasteiger partial charge on any atom is -0.507 e. The molecule has 5 aromatic rings. The number of methoxy groups -OCH3 is 2. The van der Waals surface area contributed by atoms with Crippen molar-refractivity contribution in [3.63, 3.8) is 0 Å². The highest BCUT2D eigenvalue weighted by molar-refractivity contribution is 5.95. The van der Waals surface area contributed by atoms with Gasteiger partial charge in [-0.25, -0.2) is 0 Å². The number of ether oxygens (including phenoxy) is 2. The van der Waals surface area contributed by atoms with Crippen LogP contribution < -0.4 is 10.2 Å². The van der Waals surface area contributed by atoms with Crippen LogP contribution >= 0.6 is 0 Å². The van der Waals surface area contributed by atoms with Crippen molar-refractivity contribution in [1.82, 2.24) is 0 Å². The molecular weight excluding hydrogens is 472 g/mol. The Hall–Kier alpha value is -4.78. The van der Waals surface area contributed by atoms with Gasteiger partial charge < -0.3 is 24.1 Å². The third-order valence-corrected chi connectivity index (χ3v) is 6.52. The summed E-state index contributed by atoms with van der Waals surface area (Å²) in [5.74, 6) is -1.12. The van der Waals surface area contributed by atoms with Crippen LogP contribution in [-0.2, 0) is 9.53 Å². The highest BCUT2D eigenvalue weighted by Gasteiger charge is 2.29. The smallest absolute Gasteiger partial charge is 0.306 e. The summed E-state index contributed by atoms with van der Waals surface area (Å²) in [6.07, 6.45) is -0.153. The molecule has 7 nitrogen and oxygen atoms in total. The van der Waals surface area contributed by atoms with Crippen LogP contribution in [0.3, 0.4) is 0 Å². The van der Waals surface area contributed by atoms with Gasteiger partial charge >= 0.3 is 5.97 Å². The van der Waals surface area contributed by atoms with Crippen LogP contribution in [0.1, 0.15) is 23.5 Å². The summed E-state index contributed by atoms with van der Waals surface area (Å²) in [5.41, 5.74) is 1.06. The van der Waals surface area contributed by atoms with Crippen LogP contribution in [0.4, 0.5) is 0 Å². The summed E-state index contributed by atoms with van der Waals surface area (Å²) in [4.78, 5) is 25.8. The molecule has 0 fully saturated rings. The van der Waals surface area contributed by atoms with E-state index in [1.165, 1.54) is 13.2 Å². The van der Waals surface area contributed by atoms with Crippen LogP contribution in [0.25, 0.3) is 33.1 Å². The molecule has 37 heavy (non-hydrogen) atoms. The molecule has 0 unspecified atom stereocenters. The predicted molar refractivity (Wildman–Crippen MR) is 140 cm³/mol. The van der Waals surface area contributed by atoms with Crippen molar-refractivity contribution in [2.75, 3.05) is 14.2 Å². The van der Waals surface area contributed by atoms with Crippen LogP contribution in [0.5, 0.6) is 17.2 Å². The molecule has 1 atom stereocenters. The molecule has 4 aromatic carbocycles. The Morgan fingerprint density at radius 3 is 2.30 bits per heavy atom. The van der Waals surface area contributed by atoms with Gasteiger partial charge in [0.05, 0.1) is 20.6 Å². The topological polar surface area (TPSA) is 106 Å². The van der Waals surface area contributed by atoms with Crippen LogP contribution in [0, 0.1) is 0 Å². The summed E-state index contributed by atoms with van der Waals surface area (Å²) in [6, 6.07) is 22.6. The number of rotatable bonds is 6. The number of carbonyl (C=O) groups excluding carboxylic acids is 1. The van der Waals surface area contributed by atoms with Crippen LogP contribution in [-0.4, -0.2) is 30.4 Å². The van der Waals surface area contributed by atoms with Crippen LogP contribution in [0.15, 0.2) is 88.1 Å². The normalized spacial score (nSPS) is 11.9. The van der Waals surface area contributed by atoms with Crippen molar-refractivity contribution >= 4 is 27.7 Å². The summed E-state index contributed by atoms with van der Waals surface area (Å²) in [7, 11) is 2.86. The third kappa shape index (κ3) is 4.25. The molecule has 0 aliphatic heterocycles. The second-order valence-electron chi connectivity index (χ2n) is 8.61. The van der Waals surface area contributed by atoms with Crippen molar-refractivity contribution in [2.24, 2.45) is 0 Å². The quantitative estimate of drug-likeness (QED) is 0.289. The zero-order valence-corrected chi connectivity index (χ0v) is 20.2. The Morgan fingerprint density at radius 1 is 0.892 bits per heavy atom. The van der Waals surface area contributed by atoms with E-state index in [0.717, 1.165) is 16.8 Å². The van der Waals surface area contributed by atoms with E-state index in [9.17, 15) is 19.8 Å². The van der Waals surface area contributed by atoms with Gasteiger partial charge in [-0.1, -0.05) is 60.7 Å². The first kappa shape index (κ1) is 23.9. The molecule has 0 spiro atoms. The summed E-state index contributed by atoms with van der Waals surface area (Å²) in [6.45, 7) is 0. The van der Waals surface area contributed by atoms with Crippen molar-refractivity contribution in [1.29, 1.82) is 0 Å². The molecule has 0 amide bonds. The molecule has 1 heterocycles. The fraction of sp³-hybridized carbons (Fsp3) is 0.133.